The number of hydrogen-bond acceptors (Lipinski definition) is 5. The highest BCUT2D eigenvalue weighted by molar-refractivity contribution is 5.50. The molecule has 5 nitrogen and oxygen atoms in total. The molecule has 0 spiro atoms. The van der Waals surface area contributed by atoms with E-state index in [1.54, 1.807) is 0 Å². The minimum atomic E-state index is 0.636. The van der Waals surface area contributed by atoms with Crippen LogP contribution in [0.2, 0.25) is 0 Å². The van der Waals surface area contributed by atoms with E-state index in [1.807, 2.05) is 6.33 Å². The first-order valence-electron chi connectivity index (χ1n) is 11.8. The van der Waals surface area contributed by atoms with Gasteiger partial charge >= 0.3 is 0 Å². The van der Waals surface area contributed by atoms with Crippen LogP contribution in [-0.4, -0.2) is 64.6 Å². The molecular weight excluding hydrogens is 346 g/mol. The van der Waals surface area contributed by atoms with Crippen molar-refractivity contribution in [2.45, 2.75) is 84.3 Å². The quantitative estimate of drug-likeness (QED) is 0.746. The third-order valence-electron chi connectivity index (χ3n) is 7.78. The third kappa shape index (κ3) is 4.06. The van der Waals surface area contributed by atoms with Crippen LogP contribution in [-0.2, 0) is 13.0 Å². The Morgan fingerprint density at radius 3 is 2.39 bits per heavy atom. The standard InChI is InChI=1S/C23H39N5/c1-4-19(5-2)18(3)28-11-10-21-22(16-28)24-17-25-23(21)27-14-12-26(13-15-27)20-8-6-7-9-20/h17-20H,4-16H2,1-3H3. The Kier molecular flexibility index (Phi) is 6.52. The number of aromatic nitrogens is 2. The largest absolute Gasteiger partial charge is 0.354 e. The number of nitrogens with zero attached hydrogens (tertiary/aromatic N) is 5. The second kappa shape index (κ2) is 9.08. The average molecular weight is 386 g/mol. The normalized spacial score (nSPS) is 23.4. The summed E-state index contributed by atoms with van der Waals surface area (Å²) >= 11 is 0. The molecular formula is C23H39N5. The first-order chi connectivity index (χ1) is 13.7. The second-order valence-electron chi connectivity index (χ2n) is 9.12. The second-order valence-corrected chi connectivity index (χ2v) is 9.12. The average Bonchev–Trinajstić information content (AvgIpc) is 3.29. The van der Waals surface area contributed by atoms with Gasteiger partial charge in [0.25, 0.3) is 0 Å². The van der Waals surface area contributed by atoms with Crippen molar-refractivity contribution in [3.63, 3.8) is 0 Å². The number of piperazine rings is 1. The van der Waals surface area contributed by atoms with Gasteiger partial charge < -0.3 is 4.90 Å². The van der Waals surface area contributed by atoms with Crippen LogP contribution < -0.4 is 4.90 Å². The SMILES string of the molecule is CCC(CC)C(C)N1CCc2c(ncnc2N2CCN(C3CCCC3)CC2)C1. The molecule has 5 heteroatoms. The Morgan fingerprint density at radius 2 is 1.71 bits per heavy atom. The van der Waals surface area contributed by atoms with Gasteiger partial charge in [-0.05, 0) is 32.1 Å². The first kappa shape index (κ1) is 20.1. The van der Waals surface area contributed by atoms with E-state index in [-0.39, 0.29) is 0 Å². The van der Waals surface area contributed by atoms with E-state index in [4.69, 9.17) is 9.97 Å². The smallest absolute Gasteiger partial charge is 0.135 e. The van der Waals surface area contributed by atoms with E-state index in [1.165, 1.54) is 68.7 Å². The molecule has 0 N–H and O–H groups in total. The van der Waals surface area contributed by atoms with Gasteiger partial charge in [-0.25, -0.2) is 9.97 Å². The van der Waals surface area contributed by atoms with E-state index in [9.17, 15) is 0 Å². The van der Waals surface area contributed by atoms with Crippen LogP contribution in [0.25, 0.3) is 0 Å². The lowest BCUT2D eigenvalue weighted by Crippen LogP contribution is -2.50. The maximum atomic E-state index is 4.75. The molecule has 0 radical (unpaired) electrons. The van der Waals surface area contributed by atoms with Crippen molar-refractivity contribution in [1.29, 1.82) is 0 Å². The molecule has 0 amide bonds. The maximum Gasteiger partial charge on any atom is 0.135 e. The summed E-state index contributed by atoms with van der Waals surface area (Å²) in [7, 11) is 0. The fraction of sp³-hybridized carbons (Fsp3) is 0.826. The van der Waals surface area contributed by atoms with Gasteiger partial charge in [-0.1, -0.05) is 39.5 Å². The number of rotatable bonds is 6. The fourth-order valence-corrected chi connectivity index (χ4v) is 5.81. The summed E-state index contributed by atoms with van der Waals surface area (Å²) in [5.74, 6) is 2.01. The molecule has 1 saturated heterocycles. The first-order valence-corrected chi connectivity index (χ1v) is 11.8. The Hall–Kier alpha value is -1.20. The van der Waals surface area contributed by atoms with E-state index < -0.39 is 0 Å². The zero-order chi connectivity index (χ0) is 19.5. The van der Waals surface area contributed by atoms with Crippen LogP contribution in [0.5, 0.6) is 0 Å². The van der Waals surface area contributed by atoms with Gasteiger partial charge in [0.05, 0.1) is 5.69 Å². The molecule has 156 valence electrons. The molecule has 2 aliphatic heterocycles. The van der Waals surface area contributed by atoms with E-state index >= 15 is 0 Å². The van der Waals surface area contributed by atoms with Gasteiger partial charge in [-0.2, -0.15) is 0 Å². The predicted octanol–water partition coefficient (Wildman–Crippen LogP) is 3.72. The molecule has 2 fully saturated rings. The molecule has 1 atom stereocenters. The van der Waals surface area contributed by atoms with E-state index in [2.05, 4.69) is 35.5 Å². The van der Waals surface area contributed by atoms with E-state index in [0.29, 0.717) is 6.04 Å². The van der Waals surface area contributed by atoms with Crippen molar-refractivity contribution in [3.05, 3.63) is 17.6 Å². The Labute approximate surface area is 171 Å². The number of fused-ring (bicyclic) bond motifs is 1. The monoisotopic (exact) mass is 385 g/mol. The minimum Gasteiger partial charge on any atom is -0.354 e. The summed E-state index contributed by atoms with van der Waals surface area (Å²) in [5, 5.41) is 0. The molecule has 1 unspecified atom stereocenters. The van der Waals surface area contributed by atoms with Crippen molar-refractivity contribution in [3.8, 4) is 0 Å². The summed E-state index contributed by atoms with van der Waals surface area (Å²) in [6.07, 6.45) is 11.1. The van der Waals surface area contributed by atoms with Crippen LogP contribution >= 0.6 is 0 Å². The van der Waals surface area contributed by atoms with Crippen molar-refractivity contribution >= 4 is 5.82 Å². The number of anilines is 1. The highest BCUT2D eigenvalue weighted by atomic mass is 15.3. The highest BCUT2D eigenvalue weighted by Gasteiger charge is 2.31. The van der Waals surface area contributed by atoms with Gasteiger partial charge in [0.15, 0.2) is 0 Å². The Bertz CT molecular complexity index is 630. The molecule has 1 aromatic heterocycles. The lowest BCUT2D eigenvalue weighted by molar-refractivity contribution is 0.131. The summed E-state index contributed by atoms with van der Waals surface area (Å²) in [4.78, 5) is 17.4. The molecule has 1 aromatic rings. The maximum absolute atomic E-state index is 4.75. The lowest BCUT2D eigenvalue weighted by Gasteiger charge is -2.41. The summed E-state index contributed by atoms with van der Waals surface area (Å²) < 4.78 is 0. The van der Waals surface area contributed by atoms with E-state index in [0.717, 1.165) is 44.6 Å². The van der Waals surface area contributed by atoms with Gasteiger partial charge in [0, 0.05) is 56.9 Å². The molecule has 3 aliphatic rings. The van der Waals surface area contributed by atoms with Gasteiger partial charge in [0.1, 0.15) is 12.1 Å². The Morgan fingerprint density at radius 1 is 1.00 bits per heavy atom. The topological polar surface area (TPSA) is 35.5 Å². The molecule has 1 saturated carbocycles. The zero-order valence-corrected chi connectivity index (χ0v) is 18.2. The van der Waals surface area contributed by atoms with Crippen molar-refractivity contribution in [1.82, 2.24) is 19.8 Å². The van der Waals surface area contributed by atoms with Crippen molar-refractivity contribution < 1.29 is 0 Å². The molecule has 1 aliphatic carbocycles. The van der Waals surface area contributed by atoms with Crippen LogP contribution in [0.1, 0.15) is 70.6 Å². The van der Waals surface area contributed by atoms with Gasteiger partial charge in [-0.15, -0.1) is 0 Å². The van der Waals surface area contributed by atoms with Crippen molar-refractivity contribution in [2.75, 3.05) is 37.6 Å². The molecule has 3 heterocycles. The number of hydrogen-bond donors (Lipinski definition) is 0. The lowest BCUT2D eigenvalue weighted by atomic mass is 9.92. The zero-order valence-electron chi connectivity index (χ0n) is 18.2. The fourth-order valence-electron chi connectivity index (χ4n) is 5.81. The predicted molar refractivity (Wildman–Crippen MR) is 116 cm³/mol. The summed E-state index contributed by atoms with van der Waals surface area (Å²) in [6.45, 7) is 13.8. The van der Waals surface area contributed by atoms with Gasteiger partial charge in [-0.3, -0.25) is 9.80 Å². The van der Waals surface area contributed by atoms with Crippen molar-refractivity contribution in [2.24, 2.45) is 5.92 Å². The summed E-state index contributed by atoms with van der Waals surface area (Å²) in [5.41, 5.74) is 2.69. The van der Waals surface area contributed by atoms with Crippen LogP contribution in [0.4, 0.5) is 5.82 Å². The molecule has 4 rings (SSSR count). The highest BCUT2D eigenvalue weighted by Crippen LogP contribution is 2.30. The van der Waals surface area contributed by atoms with Crippen LogP contribution in [0, 0.1) is 5.92 Å². The molecule has 0 bridgehead atoms. The van der Waals surface area contributed by atoms with Crippen LogP contribution in [0.3, 0.4) is 0 Å². The minimum absolute atomic E-state index is 0.636. The Balaban J connectivity index is 1.42. The molecule has 0 aromatic carbocycles. The third-order valence-corrected chi connectivity index (χ3v) is 7.78. The van der Waals surface area contributed by atoms with Crippen LogP contribution in [0.15, 0.2) is 6.33 Å². The molecule has 28 heavy (non-hydrogen) atoms. The van der Waals surface area contributed by atoms with Gasteiger partial charge in [0.2, 0.25) is 0 Å². The summed E-state index contributed by atoms with van der Waals surface area (Å²) in [6, 6.07) is 1.48.